The third-order valence-electron chi connectivity index (χ3n) is 6.90. The fourth-order valence-electron chi connectivity index (χ4n) is 5.01. The van der Waals surface area contributed by atoms with E-state index in [1.165, 1.54) is 18.2 Å². The van der Waals surface area contributed by atoms with Crippen LogP contribution in [0.15, 0.2) is 18.2 Å². The lowest BCUT2D eigenvalue weighted by atomic mass is 9.85. The summed E-state index contributed by atoms with van der Waals surface area (Å²) in [5.74, 6) is -0.682. The van der Waals surface area contributed by atoms with E-state index in [-0.39, 0.29) is 23.2 Å². The second-order valence-corrected chi connectivity index (χ2v) is 11.3. The number of benzene rings is 1. The van der Waals surface area contributed by atoms with Crippen LogP contribution in [0.3, 0.4) is 0 Å². The number of nitrogens with zero attached hydrogens (tertiary/aromatic N) is 3. The van der Waals surface area contributed by atoms with Crippen molar-refractivity contribution in [3.05, 3.63) is 40.4 Å². The van der Waals surface area contributed by atoms with Gasteiger partial charge in [0.15, 0.2) is 5.69 Å². The molecule has 190 valence electrons. The molecule has 1 saturated carbocycles. The van der Waals surface area contributed by atoms with Crippen molar-refractivity contribution in [2.75, 3.05) is 13.6 Å². The highest BCUT2D eigenvalue weighted by atomic mass is 35.5. The van der Waals surface area contributed by atoms with E-state index >= 15 is 0 Å². The molecule has 1 aromatic heterocycles. The van der Waals surface area contributed by atoms with E-state index in [0.717, 1.165) is 38.6 Å². The number of amides is 2. The highest BCUT2D eigenvalue weighted by molar-refractivity contribution is 6.30. The number of hydrogen-bond donors (Lipinski definition) is 2. The van der Waals surface area contributed by atoms with Crippen molar-refractivity contribution in [1.82, 2.24) is 25.1 Å². The molecule has 1 aliphatic heterocycles. The second-order valence-electron chi connectivity index (χ2n) is 10.9. The zero-order chi connectivity index (χ0) is 25.3. The molecule has 35 heavy (non-hydrogen) atoms. The Morgan fingerprint density at radius 3 is 2.57 bits per heavy atom. The van der Waals surface area contributed by atoms with Crippen molar-refractivity contribution < 1.29 is 14.0 Å². The topological polar surface area (TPSA) is 79.3 Å². The minimum atomic E-state index is -0.734. The Bertz CT molecular complexity index is 1100. The molecule has 0 radical (unpaired) electrons. The van der Waals surface area contributed by atoms with Gasteiger partial charge < -0.3 is 20.1 Å². The van der Waals surface area contributed by atoms with E-state index in [1.54, 1.807) is 0 Å². The van der Waals surface area contributed by atoms with Gasteiger partial charge in [-0.05, 0) is 56.5 Å². The highest BCUT2D eigenvalue weighted by Crippen LogP contribution is 2.30. The van der Waals surface area contributed by atoms with Gasteiger partial charge in [0.1, 0.15) is 17.7 Å². The molecule has 1 atom stereocenters. The summed E-state index contributed by atoms with van der Waals surface area (Å²) in [5, 5.41) is 6.47. The molecule has 1 unspecified atom stereocenters. The summed E-state index contributed by atoms with van der Waals surface area (Å²) in [7, 11) is 1.98. The van der Waals surface area contributed by atoms with Gasteiger partial charge in [-0.25, -0.2) is 9.37 Å². The zero-order valence-electron chi connectivity index (χ0n) is 21.0. The summed E-state index contributed by atoms with van der Waals surface area (Å²) in [4.78, 5) is 33.6. The van der Waals surface area contributed by atoms with Gasteiger partial charge in [0, 0.05) is 24.2 Å². The lowest BCUT2D eigenvalue weighted by Gasteiger charge is -2.31. The molecule has 2 heterocycles. The number of rotatable bonds is 5. The summed E-state index contributed by atoms with van der Waals surface area (Å²) in [6.45, 7) is 7.73. The van der Waals surface area contributed by atoms with Crippen molar-refractivity contribution in [3.8, 4) is 11.4 Å². The van der Waals surface area contributed by atoms with E-state index in [9.17, 15) is 14.0 Å². The molecular weight excluding hydrogens is 469 g/mol. The lowest BCUT2D eigenvalue weighted by Crippen LogP contribution is -2.55. The Morgan fingerprint density at radius 2 is 1.89 bits per heavy atom. The molecule has 2 amide bonds. The van der Waals surface area contributed by atoms with Crippen molar-refractivity contribution in [1.29, 1.82) is 0 Å². The van der Waals surface area contributed by atoms with Crippen LogP contribution in [0.5, 0.6) is 0 Å². The van der Waals surface area contributed by atoms with Gasteiger partial charge in [0.05, 0.1) is 11.3 Å². The monoisotopic (exact) mass is 503 g/mol. The van der Waals surface area contributed by atoms with Gasteiger partial charge in [0.2, 0.25) is 5.91 Å². The summed E-state index contributed by atoms with van der Waals surface area (Å²) in [6, 6.07) is 3.76. The molecule has 9 heteroatoms. The molecule has 2 N–H and O–H groups in total. The molecule has 0 saturated heterocycles. The summed E-state index contributed by atoms with van der Waals surface area (Å²) >= 11 is 6.16. The van der Waals surface area contributed by atoms with Crippen LogP contribution in [-0.4, -0.2) is 51.9 Å². The van der Waals surface area contributed by atoms with E-state index in [4.69, 9.17) is 11.6 Å². The first-order valence-corrected chi connectivity index (χ1v) is 12.8. The number of carbonyl (C=O) groups excluding carboxylic acids is 2. The SMILES string of the molecule is CN1CCCn2c(-c3cc(Cl)ccc3F)nc(C(=O)NC(C(=O)NC3CCCC3)C(C)(C)C)c2C1. The third kappa shape index (κ3) is 5.70. The fourth-order valence-corrected chi connectivity index (χ4v) is 5.18. The maximum atomic E-state index is 14.8. The van der Waals surface area contributed by atoms with Gasteiger partial charge >= 0.3 is 0 Å². The molecule has 1 fully saturated rings. The molecule has 0 bridgehead atoms. The number of fused-ring (bicyclic) bond motifs is 1. The van der Waals surface area contributed by atoms with Crippen molar-refractivity contribution >= 4 is 23.4 Å². The van der Waals surface area contributed by atoms with Crippen LogP contribution in [0.4, 0.5) is 4.39 Å². The number of imidazole rings is 1. The van der Waals surface area contributed by atoms with E-state index in [1.807, 2.05) is 32.4 Å². The number of hydrogen-bond acceptors (Lipinski definition) is 4. The predicted molar refractivity (Wildman–Crippen MR) is 135 cm³/mol. The third-order valence-corrected chi connectivity index (χ3v) is 7.14. The minimum Gasteiger partial charge on any atom is -0.352 e. The van der Waals surface area contributed by atoms with E-state index in [0.29, 0.717) is 29.6 Å². The number of halogens is 2. The molecule has 0 spiro atoms. The van der Waals surface area contributed by atoms with Gasteiger partial charge in [-0.15, -0.1) is 0 Å². The molecule has 1 aliphatic carbocycles. The van der Waals surface area contributed by atoms with Gasteiger partial charge in [0.25, 0.3) is 5.91 Å². The predicted octanol–water partition coefficient (Wildman–Crippen LogP) is 4.38. The Hall–Kier alpha value is -2.45. The van der Waals surface area contributed by atoms with Gasteiger partial charge in [-0.1, -0.05) is 45.2 Å². The van der Waals surface area contributed by atoms with Crippen LogP contribution in [0.25, 0.3) is 11.4 Å². The maximum Gasteiger partial charge on any atom is 0.272 e. The molecule has 2 aromatic rings. The molecule has 1 aromatic carbocycles. The van der Waals surface area contributed by atoms with Gasteiger partial charge in [-0.2, -0.15) is 0 Å². The van der Waals surface area contributed by atoms with Crippen molar-refractivity contribution in [2.45, 2.75) is 78.0 Å². The largest absolute Gasteiger partial charge is 0.352 e. The fraction of sp³-hybridized carbons (Fsp3) is 0.577. The van der Waals surface area contributed by atoms with Gasteiger partial charge in [-0.3, -0.25) is 9.59 Å². The normalized spacial score (nSPS) is 18.1. The molecule has 2 aliphatic rings. The average Bonchev–Trinajstić information content (AvgIpc) is 3.36. The smallest absolute Gasteiger partial charge is 0.272 e. The summed E-state index contributed by atoms with van der Waals surface area (Å²) < 4.78 is 16.7. The molecule has 4 rings (SSSR count). The Labute approximate surface area is 211 Å². The molecule has 7 nitrogen and oxygen atoms in total. The van der Waals surface area contributed by atoms with Crippen LogP contribution in [-0.2, 0) is 17.9 Å². The number of nitrogens with one attached hydrogen (secondary N) is 2. The van der Waals surface area contributed by atoms with E-state index < -0.39 is 23.2 Å². The van der Waals surface area contributed by atoms with Crippen LogP contribution in [0.1, 0.15) is 69.1 Å². The summed E-state index contributed by atoms with van der Waals surface area (Å²) in [6.07, 6.45) is 4.98. The Kier molecular flexibility index (Phi) is 7.52. The zero-order valence-corrected chi connectivity index (χ0v) is 21.7. The van der Waals surface area contributed by atoms with E-state index in [2.05, 4.69) is 20.5 Å². The standard InChI is InChI=1S/C26H35ClFN5O2/c1-26(2,3)22(25(35)29-17-8-5-6-9-17)31-24(34)21-20-15-32(4)12-7-13-33(20)23(30-21)18-14-16(27)10-11-19(18)28/h10-11,14,17,22H,5-9,12-13,15H2,1-4H3,(H,29,35)(H,31,34). The molecular formula is C26H35ClFN5O2. The van der Waals surface area contributed by atoms with Crippen molar-refractivity contribution in [2.24, 2.45) is 5.41 Å². The Balaban J connectivity index is 1.69. The highest BCUT2D eigenvalue weighted by Gasteiger charge is 2.36. The Morgan fingerprint density at radius 1 is 1.17 bits per heavy atom. The number of carbonyl (C=O) groups is 2. The summed E-state index contributed by atoms with van der Waals surface area (Å²) in [5.41, 5.74) is 0.679. The van der Waals surface area contributed by atoms with Crippen LogP contribution in [0.2, 0.25) is 5.02 Å². The van der Waals surface area contributed by atoms with Crippen LogP contribution < -0.4 is 10.6 Å². The van der Waals surface area contributed by atoms with Crippen LogP contribution >= 0.6 is 11.6 Å². The van der Waals surface area contributed by atoms with Crippen LogP contribution in [0, 0.1) is 11.2 Å². The average molecular weight is 504 g/mol. The minimum absolute atomic E-state index is 0.152. The first-order chi connectivity index (χ1) is 16.5. The first-order valence-electron chi connectivity index (χ1n) is 12.4. The van der Waals surface area contributed by atoms with Crippen molar-refractivity contribution in [3.63, 3.8) is 0 Å². The second kappa shape index (κ2) is 10.3. The quantitative estimate of drug-likeness (QED) is 0.634. The lowest BCUT2D eigenvalue weighted by molar-refractivity contribution is -0.126. The first kappa shape index (κ1) is 25.6. The maximum absolute atomic E-state index is 14.8. The number of aromatic nitrogens is 2.